The third-order valence-corrected chi connectivity index (χ3v) is 9.90. The molecule has 4 fully saturated rings. The largest absolute Gasteiger partial charge is 0.457 e. The quantitative estimate of drug-likeness (QED) is 0.463. The highest BCUT2D eigenvalue weighted by Crippen LogP contribution is 2.64. The van der Waals surface area contributed by atoms with Gasteiger partial charge >= 0.3 is 5.97 Å². The number of benzene rings is 1. The van der Waals surface area contributed by atoms with Crippen LogP contribution in [0.25, 0.3) is 11.0 Å². The predicted molar refractivity (Wildman–Crippen MR) is 122 cm³/mol. The molecule has 7 nitrogen and oxygen atoms in total. The number of hydrogen-bond donors (Lipinski definition) is 0. The molecular formula is C23H30ClN3O4S. The normalized spacial score (nSPS) is 31.5. The van der Waals surface area contributed by atoms with Gasteiger partial charge in [0.25, 0.3) is 0 Å². The lowest BCUT2D eigenvalue weighted by atomic mass is 9.49. The van der Waals surface area contributed by atoms with E-state index < -0.39 is 15.4 Å². The number of nitrogens with zero attached hydrogens (tertiary/aromatic N) is 3. The number of aryl methyl sites for hydroxylation is 1. The Kier molecular flexibility index (Phi) is 5.15. The Morgan fingerprint density at radius 1 is 1.25 bits per heavy atom. The zero-order chi connectivity index (χ0) is 22.9. The molecule has 0 saturated heterocycles. The van der Waals surface area contributed by atoms with Gasteiger partial charge < -0.3 is 9.30 Å². The Hall–Kier alpha value is -1.64. The number of alkyl halides is 1. The summed E-state index contributed by atoms with van der Waals surface area (Å²) in [6.07, 6.45) is 5.70. The van der Waals surface area contributed by atoms with E-state index in [4.69, 9.17) is 16.3 Å². The van der Waals surface area contributed by atoms with Crippen LogP contribution in [-0.2, 0) is 32.7 Å². The van der Waals surface area contributed by atoms with E-state index in [0.717, 1.165) is 31.2 Å². The Labute approximate surface area is 194 Å². The van der Waals surface area contributed by atoms with Crippen LogP contribution in [0, 0.1) is 17.3 Å². The zero-order valence-corrected chi connectivity index (χ0v) is 20.4. The monoisotopic (exact) mass is 479 g/mol. The van der Waals surface area contributed by atoms with E-state index in [9.17, 15) is 13.2 Å². The number of rotatable bonds is 6. The molecule has 4 saturated carbocycles. The molecule has 174 valence electrons. The number of aromatic nitrogens is 2. The first-order chi connectivity index (χ1) is 15.1. The van der Waals surface area contributed by atoms with E-state index in [0.29, 0.717) is 36.1 Å². The van der Waals surface area contributed by atoms with Crippen molar-refractivity contribution in [3.05, 3.63) is 24.0 Å². The highest BCUT2D eigenvalue weighted by molar-refractivity contribution is 7.89. The van der Waals surface area contributed by atoms with Crippen LogP contribution >= 0.6 is 11.6 Å². The lowest BCUT2D eigenvalue weighted by Crippen LogP contribution is -2.56. The van der Waals surface area contributed by atoms with E-state index in [1.807, 2.05) is 11.5 Å². The number of carbonyl (C=O) groups excluding carboxylic acids is 1. The summed E-state index contributed by atoms with van der Waals surface area (Å²) in [5.74, 6) is 1.53. The first kappa shape index (κ1) is 22.2. The number of imidazole rings is 1. The average Bonchev–Trinajstić information content (AvgIpc) is 3.06. The van der Waals surface area contributed by atoms with Crippen molar-refractivity contribution in [2.24, 2.45) is 17.3 Å². The molecule has 1 heterocycles. The number of carbonyl (C=O) groups is 1. The number of hydrogen-bond acceptors (Lipinski definition) is 5. The molecule has 9 heteroatoms. The summed E-state index contributed by atoms with van der Waals surface area (Å²) in [5, 5.41) is 0. The SMILES string of the molecule is CCn1c(COC(=O)C23C[C@H]4C[C@@H](CC(Cl)(C4)C2)C3)nc2cc(S(=O)(=O)N(C)C)ccc21. The summed E-state index contributed by atoms with van der Waals surface area (Å²) in [7, 11) is -0.541. The summed E-state index contributed by atoms with van der Waals surface area (Å²) in [6, 6.07) is 4.94. The average molecular weight is 480 g/mol. The van der Waals surface area contributed by atoms with Crippen molar-refractivity contribution in [1.82, 2.24) is 13.9 Å². The fourth-order valence-corrected chi connectivity index (χ4v) is 8.28. The highest BCUT2D eigenvalue weighted by atomic mass is 35.5. The first-order valence-corrected chi connectivity index (χ1v) is 13.1. The topological polar surface area (TPSA) is 81.5 Å². The fraction of sp³-hybridized carbons (Fsp3) is 0.652. The Morgan fingerprint density at radius 2 is 1.94 bits per heavy atom. The van der Waals surface area contributed by atoms with Crippen LogP contribution in [0.4, 0.5) is 0 Å². The van der Waals surface area contributed by atoms with Gasteiger partial charge in [-0.2, -0.15) is 0 Å². The van der Waals surface area contributed by atoms with Gasteiger partial charge in [0.1, 0.15) is 12.4 Å². The lowest BCUT2D eigenvalue weighted by Gasteiger charge is -2.58. The smallest absolute Gasteiger partial charge is 0.312 e. The minimum Gasteiger partial charge on any atom is -0.457 e. The van der Waals surface area contributed by atoms with E-state index in [-0.39, 0.29) is 22.3 Å². The predicted octanol–water partition coefficient (Wildman–Crippen LogP) is 3.93. The molecule has 1 aromatic heterocycles. The van der Waals surface area contributed by atoms with Crippen LogP contribution in [0.15, 0.2) is 23.1 Å². The Morgan fingerprint density at radius 3 is 2.53 bits per heavy atom. The molecule has 0 aliphatic heterocycles. The highest BCUT2D eigenvalue weighted by Gasteiger charge is 2.60. The number of esters is 1. The van der Waals surface area contributed by atoms with Crippen molar-refractivity contribution in [3.8, 4) is 0 Å². The molecule has 2 atom stereocenters. The van der Waals surface area contributed by atoms with Gasteiger partial charge in [0.2, 0.25) is 10.0 Å². The number of sulfonamides is 1. The van der Waals surface area contributed by atoms with E-state index >= 15 is 0 Å². The third kappa shape index (κ3) is 3.46. The molecule has 1 aromatic carbocycles. The Bertz CT molecular complexity index is 1180. The molecule has 4 aliphatic carbocycles. The Balaban J connectivity index is 1.39. The molecular weight excluding hydrogens is 450 g/mol. The summed E-state index contributed by atoms with van der Waals surface area (Å²) in [4.78, 5) is 17.9. The van der Waals surface area contributed by atoms with Crippen LogP contribution < -0.4 is 0 Å². The summed E-state index contributed by atoms with van der Waals surface area (Å²) < 4.78 is 34.0. The zero-order valence-electron chi connectivity index (χ0n) is 18.8. The van der Waals surface area contributed by atoms with Crippen LogP contribution in [0.3, 0.4) is 0 Å². The molecule has 0 amide bonds. The van der Waals surface area contributed by atoms with Crippen molar-refractivity contribution in [2.75, 3.05) is 14.1 Å². The summed E-state index contributed by atoms with van der Waals surface area (Å²) in [6.45, 7) is 2.71. The van der Waals surface area contributed by atoms with Gasteiger partial charge in [0, 0.05) is 25.5 Å². The van der Waals surface area contributed by atoms with Crippen molar-refractivity contribution in [1.29, 1.82) is 0 Å². The molecule has 4 aliphatic rings. The van der Waals surface area contributed by atoms with E-state index in [1.165, 1.54) is 24.8 Å². The van der Waals surface area contributed by atoms with Crippen molar-refractivity contribution < 1.29 is 17.9 Å². The van der Waals surface area contributed by atoms with Crippen molar-refractivity contribution >= 4 is 38.6 Å². The number of halogens is 1. The first-order valence-electron chi connectivity index (χ1n) is 11.3. The van der Waals surface area contributed by atoms with Gasteiger partial charge in [-0.25, -0.2) is 17.7 Å². The van der Waals surface area contributed by atoms with Gasteiger partial charge in [-0.3, -0.25) is 4.79 Å². The molecule has 6 rings (SSSR count). The number of ether oxygens (including phenoxy) is 1. The maximum Gasteiger partial charge on any atom is 0.312 e. The summed E-state index contributed by atoms with van der Waals surface area (Å²) >= 11 is 6.88. The van der Waals surface area contributed by atoms with Crippen molar-refractivity contribution in [2.45, 2.75) is 68.4 Å². The molecule has 0 spiro atoms. The molecule has 4 bridgehead atoms. The molecule has 0 radical (unpaired) electrons. The lowest BCUT2D eigenvalue weighted by molar-refractivity contribution is -0.171. The van der Waals surface area contributed by atoms with Crippen molar-refractivity contribution in [3.63, 3.8) is 0 Å². The maximum absolute atomic E-state index is 13.3. The van der Waals surface area contributed by atoms with Gasteiger partial charge in [0.15, 0.2) is 0 Å². The van der Waals surface area contributed by atoms with Crippen LogP contribution in [0.1, 0.15) is 51.3 Å². The standard InChI is InChI=1S/C23H30ClN3O4S/c1-4-27-19-6-5-17(32(29,30)26(2)3)8-18(19)25-20(27)13-31-21(28)22-9-15-7-16(10-22)12-23(24,11-15)14-22/h5-6,8,15-16H,4,7,9-14H2,1-3H3/t15-,16-,22?,23?/m1/s1. The second-order valence-electron chi connectivity index (χ2n) is 10.2. The molecule has 0 unspecified atom stereocenters. The van der Waals surface area contributed by atoms with Gasteiger partial charge in [-0.05, 0) is 75.5 Å². The van der Waals surface area contributed by atoms with E-state index in [2.05, 4.69) is 4.98 Å². The van der Waals surface area contributed by atoms with E-state index in [1.54, 1.807) is 18.2 Å². The van der Waals surface area contributed by atoms with Crippen LogP contribution in [-0.4, -0.2) is 47.2 Å². The third-order valence-electron chi connectivity index (χ3n) is 7.65. The van der Waals surface area contributed by atoms with Gasteiger partial charge in [-0.15, -0.1) is 11.6 Å². The number of fused-ring (bicyclic) bond motifs is 1. The second-order valence-corrected chi connectivity index (χ2v) is 13.1. The van der Waals surface area contributed by atoms with Crippen LogP contribution in [0.5, 0.6) is 0 Å². The molecule has 2 aromatic rings. The minimum absolute atomic E-state index is 0.0729. The van der Waals surface area contributed by atoms with Crippen LogP contribution in [0.2, 0.25) is 0 Å². The molecule has 0 N–H and O–H groups in total. The summed E-state index contributed by atoms with van der Waals surface area (Å²) in [5.41, 5.74) is 0.947. The van der Waals surface area contributed by atoms with Gasteiger partial charge in [0.05, 0.1) is 21.3 Å². The second kappa shape index (κ2) is 7.43. The molecule has 32 heavy (non-hydrogen) atoms. The van der Waals surface area contributed by atoms with Gasteiger partial charge in [-0.1, -0.05) is 0 Å². The fourth-order valence-electron chi connectivity index (χ4n) is 6.67. The maximum atomic E-state index is 13.3. The minimum atomic E-state index is -3.55.